The van der Waals surface area contributed by atoms with Crippen molar-refractivity contribution in [2.45, 2.75) is 32.4 Å². The minimum atomic E-state index is -1.07. The molecule has 0 spiro atoms. The van der Waals surface area contributed by atoms with E-state index in [-0.39, 0.29) is 0 Å². The summed E-state index contributed by atoms with van der Waals surface area (Å²) in [6, 6.07) is 4.77. The van der Waals surface area contributed by atoms with Crippen LogP contribution in [-0.2, 0) is 11.5 Å². The maximum atomic E-state index is 10.9. The number of aromatic nitrogens is 2. The zero-order chi connectivity index (χ0) is 14.8. The molecule has 0 bridgehead atoms. The number of carbonyl (C=O) groups excluding carboxylic acids is 1. The number of aldehydes is 1. The Kier molecular flexibility index (Phi) is 4.77. The molecule has 1 aromatic heterocycles. The largest absolute Gasteiger partial charge is 0.360 e. The summed E-state index contributed by atoms with van der Waals surface area (Å²) in [7, 11) is -1.07. The quantitative estimate of drug-likeness (QED) is 0.448. The summed E-state index contributed by atoms with van der Waals surface area (Å²) < 4.78 is 8.38. The van der Waals surface area contributed by atoms with E-state index in [0.29, 0.717) is 12.3 Å². The van der Waals surface area contributed by atoms with Crippen LogP contribution in [0.5, 0.6) is 0 Å². The molecule has 2 rings (SSSR count). The van der Waals surface area contributed by atoms with E-state index in [9.17, 15) is 4.79 Å². The Labute approximate surface area is 128 Å². The van der Waals surface area contributed by atoms with Gasteiger partial charge in [-0.3, -0.25) is 4.79 Å². The summed E-state index contributed by atoms with van der Waals surface area (Å²) in [6.45, 7) is 8.15. The number of carbonyl (C=O) groups is 1. The highest BCUT2D eigenvalue weighted by Gasteiger charge is 2.13. The minimum Gasteiger partial charge on any atom is -0.360 e. The van der Waals surface area contributed by atoms with Crippen LogP contribution in [0.2, 0.25) is 25.7 Å². The average molecular weight is 355 g/mol. The predicted octanol–water partition coefficient (Wildman–Crippen LogP) is 3.92. The highest BCUT2D eigenvalue weighted by atomic mass is 79.9. The molecular formula is C14H19BrN2O2Si. The van der Waals surface area contributed by atoms with Crippen molar-refractivity contribution in [3.63, 3.8) is 0 Å². The van der Waals surface area contributed by atoms with Gasteiger partial charge in [0.25, 0.3) is 0 Å². The Hall–Kier alpha value is -0.983. The van der Waals surface area contributed by atoms with Gasteiger partial charge in [-0.1, -0.05) is 35.6 Å². The number of ether oxygens (including phenoxy) is 1. The first-order chi connectivity index (χ1) is 9.40. The Bertz CT molecular complexity index is 619. The predicted molar refractivity (Wildman–Crippen MR) is 86.9 cm³/mol. The molecule has 4 nitrogen and oxygen atoms in total. The fourth-order valence-corrected chi connectivity index (χ4v) is 3.18. The summed E-state index contributed by atoms with van der Waals surface area (Å²) in [5, 5.41) is 5.31. The molecule has 0 N–H and O–H groups in total. The molecule has 108 valence electrons. The summed E-state index contributed by atoms with van der Waals surface area (Å²) >= 11 is 3.46. The van der Waals surface area contributed by atoms with Crippen LogP contribution in [-0.4, -0.2) is 30.7 Å². The molecule has 0 saturated carbocycles. The van der Waals surface area contributed by atoms with Crippen LogP contribution in [0.25, 0.3) is 10.9 Å². The third-order valence-electron chi connectivity index (χ3n) is 3.08. The zero-order valence-corrected chi connectivity index (χ0v) is 14.6. The number of fused-ring (bicyclic) bond motifs is 1. The zero-order valence-electron chi connectivity index (χ0n) is 12.0. The first-order valence-corrected chi connectivity index (χ1v) is 11.1. The van der Waals surface area contributed by atoms with Crippen molar-refractivity contribution < 1.29 is 9.53 Å². The normalized spacial score (nSPS) is 12.0. The fraction of sp³-hybridized carbons (Fsp3) is 0.429. The molecule has 0 aliphatic carbocycles. The van der Waals surface area contributed by atoms with Crippen LogP contribution >= 0.6 is 15.9 Å². The lowest BCUT2D eigenvalue weighted by molar-refractivity contribution is 0.0817. The number of nitrogens with zero attached hydrogens (tertiary/aromatic N) is 2. The molecule has 1 heterocycles. The van der Waals surface area contributed by atoms with Gasteiger partial charge in [0.2, 0.25) is 0 Å². The third kappa shape index (κ3) is 3.77. The van der Waals surface area contributed by atoms with Gasteiger partial charge in [0, 0.05) is 30.1 Å². The van der Waals surface area contributed by atoms with E-state index >= 15 is 0 Å². The maximum Gasteiger partial charge on any atom is 0.150 e. The second-order valence-electron chi connectivity index (χ2n) is 6.05. The molecule has 0 aliphatic rings. The minimum absolute atomic E-state index is 0.419. The molecule has 0 atom stereocenters. The van der Waals surface area contributed by atoms with Crippen molar-refractivity contribution in [1.82, 2.24) is 9.78 Å². The van der Waals surface area contributed by atoms with Gasteiger partial charge in [0.1, 0.15) is 13.0 Å². The van der Waals surface area contributed by atoms with Crippen LogP contribution in [0.1, 0.15) is 10.4 Å². The van der Waals surface area contributed by atoms with E-state index in [1.807, 2.05) is 6.07 Å². The molecule has 2 aromatic rings. The standard InChI is InChI=1S/C14H19BrN2O2Si/c1-20(2,3)5-4-19-10-17-14-7-11(9-18)6-13(15)12(14)8-16-17/h6-9H,4-5,10H2,1-3H3. The lowest BCUT2D eigenvalue weighted by Crippen LogP contribution is -2.22. The van der Waals surface area contributed by atoms with Gasteiger partial charge >= 0.3 is 0 Å². The molecule has 0 radical (unpaired) electrons. The summed E-state index contributed by atoms with van der Waals surface area (Å²) in [6.07, 6.45) is 2.63. The van der Waals surface area contributed by atoms with E-state index in [1.54, 1.807) is 16.9 Å². The van der Waals surface area contributed by atoms with Gasteiger partial charge in [-0.15, -0.1) is 0 Å². The van der Waals surface area contributed by atoms with Gasteiger partial charge in [-0.25, -0.2) is 4.68 Å². The van der Waals surface area contributed by atoms with E-state index in [0.717, 1.165) is 34.3 Å². The molecular weight excluding hydrogens is 336 g/mol. The van der Waals surface area contributed by atoms with Crippen LogP contribution in [0.15, 0.2) is 22.8 Å². The van der Waals surface area contributed by atoms with Crippen LogP contribution in [0.4, 0.5) is 0 Å². The average Bonchev–Trinajstić information content (AvgIpc) is 2.77. The second kappa shape index (κ2) is 6.20. The number of halogens is 1. The van der Waals surface area contributed by atoms with Crippen molar-refractivity contribution in [2.75, 3.05) is 6.61 Å². The van der Waals surface area contributed by atoms with Gasteiger partial charge in [-0.2, -0.15) is 5.10 Å². The highest BCUT2D eigenvalue weighted by Crippen LogP contribution is 2.25. The first kappa shape index (κ1) is 15.4. The number of hydrogen-bond donors (Lipinski definition) is 0. The van der Waals surface area contributed by atoms with Gasteiger partial charge < -0.3 is 4.74 Å². The molecule has 0 aliphatic heterocycles. The molecule has 0 unspecified atom stereocenters. The van der Waals surface area contributed by atoms with Crippen molar-refractivity contribution in [2.24, 2.45) is 0 Å². The number of benzene rings is 1. The summed E-state index contributed by atoms with van der Waals surface area (Å²) in [5.74, 6) is 0. The molecule has 0 amide bonds. The molecule has 1 aromatic carbocycles. The third-order valence-corrected chi connectivity index (χ3v) is 5.44. The number of hydrogen-bond acceptors (Lipinski definition) is 3. The van der Waals surface area contributed by atoms with Crippen molar-refractivity contribution in [1.29, 1.82) is 0 Å². The Morgan fingerprint density at radius 3 is 2.80 bits per heavy atom. The van der Waals surface area contributed by atoms with E-state index in [4.69, 9.17) is 4.74 Å². The highest BCUT2D eigenvalue weighted by molar-refractivity contribution is 9.10. The van der Waals surface area contributed by atoms with Crippen molar-refractivity contribution >= 4 is 41.2 Å². The Morgan fingerprint density at radius 1 is 1.40 bits per heavy atom. The van der Waals surface area contributed by atoms with E-state index in [2.05, 4.69) is 40.7 Å². The van der Waals surface area contributed by atoms with Crippen LogP contribution in [0, 0.1) is 0 Å². The molecule has 20 heavy (non-hydrogen) atoms. The molecule has 6 heteroatoms. The lowest BCUT2D eigenvalue weighted by atomic mass is 10.2. The summed E-state index contributed by atoms with van der Waals surface area (Å²) in [4.78, 5) is 10.9. The van der Waals surface area contributed by atoms with Gasteiger partial charge in [0.15, 0.2) is 0 Å². The fourth-order valence-electron chi connectivity index (χ4n) is 1.85. The smallest absolute Gasteiger partial charge is 0.150 e. The Morgan fingerprint density at radius 2 is 2.15 bits per heavy atom. The van der Waals surface area contributed by atoms with Gasteiger partial charge in [-0.05, 0) is 18.2 Å². The van der Waals surface area contributed by atoms with Crippen molar-refractivity contribution in [3.8, 4) is 0 Å². The summed E-state index contributed by atoms with van der Waals surface area (Å²) in [5.41, 5.74) is 1.54. The van der Waals surface area contributed by atoms with Gasteiger partial charge in [0.05, 0.1) is 11.7 Å². The first-order valence-electron chi connectivity index (χ1n) is 6.59. The van der Waals surface area contributed by atoms with E-state index in [1.165, 1.54) is 0 Å². The molecule has 0 fully saturated rings. The van der Waals surface area contributed by atoms with Crippen LogP contribution in [0.3, 0.4) is 0 Å². The maximum absolute atomic E-state index is 10.9. The van der Waals surface area contributed by atoms with Crippen molar-refractivity contribution in [3.05, 3.63) is 28.4 Å². The molecule has 0 saturated heterocycles. The second-order valence-corrected chi connectivity index (χ2v) is 12.5. The monoisotopic (exact) mass is 354 g/mol. The lowest BCUT2D eigenvalue weighted by Gasteiger charge is -2.15. The van der Waals surface area contributed by atoms with Crippen LogP contribution < -0.4 is 0 Å². The topological polar surface area (TPSA) is 44.1 Å². The SMILES string of the molecule is C[Si](C)(C)CCOCn1ncc2c(Br)cc(C=O)cc21. The Balaban J connectivity index is 2.11. The van der Waals surface area contributed by atoms with E-state index < -0.39 is 8.07 Å². The number of rotatable bonds is 6.